The molecule has 0 aliphatic rings. The minimum atomic E-state index is -0.768. The van der Waals surface area contributed by atoms with Gasteiger partial charge in [0.15, 0.2) is 6.61 Å². The van der Waals surface area contributed by atoms with E-state index in [4.69, 9.17) is 44.8 Å². The molecule has 0 spiro atoms. The van der Waals surface area contributed by atoms with E-state index in [-0.39, 0.29) is 21.2 Å². The van der Waals surface area contributed by atoms with Crippen molar-refractivity contribution in [3.63, 3.8) is 0 Å². The van der Waals surface area contributed by atoms with Gasteiger partial charge in [-0.05, 0) is 36.4 Å². The molecule has 1 amide bonds. The quantitative estimate of drug-likeness (QED) is 0.798. The first-order valence-corrected chi connectivity index (χ1v) is 7.66. The van der Waals surface area contributed by atoms with Crippen molar-refractivity contribution in [1.82, 2.24) is 0 Å². The van der Waals surface area contributed by atoms with Crippen molar-refractivity contribution >= 4 is 52.4 Å². The second-order valence-electron chi connectivity index (χ2n) is 4.55. The topological polar surface area (TPSA) is 79.2 Å². The maximum absolute atomic E-state index is 11.9. The van der Waals surface area contributed by atoms with Crippen LogP contribution in [0.1, 0.15) is 15.9 Å². The molecule has 2 aromatic rings. The van der Waals surface area contributed by atoms with Gasteiger partial charge in [0.25, 0.3) is 5.91 Å². The van der Waals surface area contributed by atoms with Gasteiger partial charge in [-0.2, -0.15) is 5.26 Å². The molecule has 1 N–H and O–H groups in total. The third kappa shape index (κ3) is 4.62. The van der Waals surface area contributed by atoms with Gasteiger partial charge in [-0.15, -0.1) is 0 Å². The Balaban J connectivity index is 1.96. The second-order valence-corrected chi connectivity index (χ2v) is 5.81. The molecule has 0 saturated heterocycles. The molecule has 24 heavy (non-hydrogen) atoms. The zero-order chi connectivity index (χ0) is 17.7. The Bertz CT molecular complexity index is 847. The Hall–Kier alpha value is -2.26. The van der Waals surface area contributed by atoms with Gasteiger partial charge in [-0.3, -0.25) is 4.79 Å². The van der Waals surface area contributed by atoms with Crippen LogP contribution in [-0.2, 0) is 9.53 Å². The number of nitrogens with one attached hydrogen (secondary N) is 1. The van der Waals surface area contributed by atoms with Crippen LogP contribution in [0.15, 0.2) is 36.4 Å². The third-order valence-electron chi connectivity index (χ3n) is 2.86. The number of rotatable bonds is 4. The molecule has 0 heterocycles. The smallest absolute Gasteiger partial charge is 0.340 e. The minimum Gasteiger partial charge on any atom is -0.452 e. The Morgan fingerprint density at radius 3 is 2.50 bits per heavy atom. The first-order valence-electron chi connectivity index (χ1n) is 6.52. The zero-order valence-electron chi connectivity index (χ0n) is 12.0. The summed E-state index contributed by atoms with van der Waals surface area (Å²) in [6.07, 6.45) is 0. The SMILES string of the molecule is N#Cc1ccc(NC(=O)COC(=O)c2cc(Cl)ccc2Cl)cc1Cl. The van der Waals surface area contributed by atoms with Crippen molar-refractivity contribution in [1.29, 1.82) is 5.26 Å². The van der Waals surface area contributed by atoms with Crippen LogP contribution < -0.4 is 5.32 Å². The van der Waals surface area contributed by atoms with Crippen LogP contribution >= 0.6 is 34.8 Å². The van der Waals surface area contributed by atoms with Crippen molar-refractivity contribution in [2.75, 3.05) is 11.9 Å². The van der Waals surface area contributed by atoms with E-state index >= 15 is 0 Å². The lowest BCUT2D eigenvalue weighted by molar-refractivity contribution is -0.119. The van der Waals surface area contributed by atoms with Crippen LogP contribution in [0.25, 0.3) is 0 Å². The molecule has 0 atom stereocenters. The summed E-state index contributed by atoms with van der Waals surface area (Å²) < 4.78 is 4.89. The summed E-state index contributed by atoms with van der Waals surface area (Å²) in [5.41, 5.74) is 0.732. The number of anilines is 1. The van der Waals surface area contributed by atoms with Gasteiger partial charge in [-0.1, -0.05) is 34.8 Å². The van der Waals surface area contributed by atoms with Crippen molar-refractivity contribution in [2.45, 2.75) is 0 Å². The summed E-state index contributed by atoms with van der Waals surface area (Å²) in [5.74, 6) is -1.34. The molecule has 8 heteroatoms. The number of nitrogens with zero attached hydrogens (tertiary/aromatic N) is 1. The molecule has 0 unspecified atom stereocenters. The Morgan fingerprint density at radius 1 is 1.08 bits per heavy atom. The molecule has 0 saturated carbocycles. The molecule has 5 nitrogen and oxygen atoms in total. The summed E-state index contributed by atoms with van der Waals surface area (Å²) in [7, 11) is 0. The number of carbonyl (C=O) groups is 2. The summed E-state index contributed by atoms with van der Waals surface area (Å²) in [6.45, 7) is -0.515. The number of amides is 1. The lowest BCUT2D eigenvalue weighted by atomic mass is 10.2. The first kappa shape index (κ1) is 18.1. The van der Waals surface area contributed by atoms with Crippen molar-refractivity contribution in [2.24, 2.45) is 0 Å². The highest BCUT2D eigenvalue weighted by Crippen LogP contribution is 2.22. The van der Waals surface area contributed by atoms with Gasteiger partial charge in [0.1, 0.15) is 6.07 Å². The number of ether oxygens (including phenoxy) is 1. The summed E-state index contributed by atoms with van der Waals surface area (Å²) in [6, 6.07) is 10.6. The normalized spacial score (nSPS) is 9.92. The van der Waals surface area contributed by atoms with Crippen LogP contribution in [0.4, 0.5) is 5.69 Å². The number of halogens is 3. The van der Waals surface area contributed by atoms with Crippen molar-refractivity contribution in [3.05, 3.63) is 62.6 Å². The van der Waals surface area contributed by atoms with E-state index in [1.807, 2.05) is 6.07 Å². The monoisotopic (exact) mass is 382 g/mol. The summed E-state index contributed by atoms with van der Waals surface area (Å²) >= 11 is 17.5. The number of benzene rings is 2. The summed E-state index contributed by atoms with van der Waals surface area (Å²) in [4.78, 5) is 23.7. The molecule has 0 aliphatic heterocycles. The number of esters is 1. The van der Waals surface area contributed by atoms with Gasteiger partial charge in [0.05, 0.1) is 21.2 Å². The Labute approximate surface area is 152 Å². The van der Waals surface area contributed by atoms with Gasteiger partial charge >= 0.3 is 5.97 Å². The van der Waals surface area contributed by atoms with Gasteiger partial charge in [0.2, 0.25) is 0 Å². The average Bonchev–Trinajstić information content (AvgIpc) is 2.55. The molecule has 0 aromatic heterocycles. The van der Waals surface area contributed by atoms with Gasteiger partial charge in [0, 0.05) is 10.7 Å². The van der Waals surface area contributed by atoms with E-state index in [1.165, 1.54) is 36.4 Å². The third-order valence-corrected chi connectivity index (χ3v) is 3.73. The second kappa shape index (κ2) is 8.02. The molecule has 122 valence electrons. The van der Waals surface area contributed by atoms with E-state index in [0.29, 0.717) is 10.7 Å². The van der Waals surface area contributed by atoms with E-state index in [9.17, 15) is 9.59 Å². The molecular formula is C16H9Cl3N2O3. The standard InChI is InChI=1S/C16H9Cl3N2O3/c17-10-2-4-13(18)12(5-10)16(23)24-8-15(22)21-11-3-1-9(7-20)14(19)6-11/h1-6H,8H2,(H,21,22). The number of nitriles is 1. The number of carbonyl (C=O) groups excluding carboxylic acids is 2. The molecule has 2 aromatic carbocycles. The number of hydrogen-bond donors (Lipinski definition) is 1. The molecule has 0 radical (unpaired) electrons. The molecule has 2 rings (SSSR count). The van der Waals surface area contributed by atoms with E-state index < -0.39 is 18.5 Å². The van der Waals surface area contributed by atoms with E-state index in [0.717, 1.165) is 0 Å². The first-order chi connectivity index (χ1) is 11.4. The molecule has 0 aliphatic carbocycles. The largest absolute Gasteiger partial charge is 0.452 e. The fourth-order valence-electron chi connectivity index (χ4n) is 1.74. The maximum atomic E-state index is 11.9. The fraction of sp³-hybridized carbons (Fsp3) is 0.0625. The molecular weight excluding hydrogens is 375 g/mol. The lowest BCUT2D eigenvalue weighted by Crippen LogP contribution is -2.21. The predicted octanol–water partition coefficient (Wildman–Crippen LogP) is 4.31. The van der Waals surface area contributed by atoms with Gasteiger partial charge in [-0.25, -0.2) is 4.79 Å². The van der Waals surface area contributed by atoms with E-state index in [2.05, 4.69) is 5.32 Å². The highest BCUT2D eigenvalue weighted by Gasteiger charge is 2.14. The predicted molar refractivity (Wildman–Crippen MR) is 91.5 cm³/mol. The van der Waals surface area contributed by atoms with Crippen molar-refractivity contribution < 1.29 is 14.3 Å². The zero-order valence-corrected chi connectivity index (χ0v) is 14.2. The van der Waals surface area contributed by atoms with E-state index in [1.54, 1.807) is 0 Å². The van der Waals surface area contributed by atoms with Crippen LogP contribution in [0.3, 0.4) is 0 Å². The maximum Gasteiger partial charge on any atom is 0.340 e. The van der Waals surface area contributed by atoms with Crippen LogP contribution in [0.5, 0.6) is 0 Å². The highest BCUT2D eigenvalue weighted by atomic mass is 35.5. The average molecular weight is 384 g/mol. The molecule has 0 bridgehead atoms. The van der Waals surface area contributed by atoms with Crippen LogP contribution in [0, 0.1) is 11.3 Å². The van der Waals surface area contributed by atoms with Gasteiger partial charge < -0.3 is 10.1 Å². The Morgan fingerprint density at radius 2 is 1.83 bits per heavy atom. The number of hydrogen-bond acceptors (Lipinski definition) is 4. The molecule has 0 fully saturated rings. The van der Waals surface area contributed by atoms with Crippen LogP contribution in [-0.4, -0.2) is 18.5 Å². The lowest BCUT2D eigenvalue weighted by Gasteiger charge is -2.08. The minimum absolute atomic E-state index is 0.0679. The summed E-state index contributed by atoms with van der Waals surface area (Å²) in [5, 5.41) is 12.0. The fourth-order valence-corrected chi connectivity index (χ4v) is 2.33. The Kier molecular flexibility index (Phi) is 6.04. The highest BCUT2D eigenvalue weighted by molar-refractivity contribution is 6.35. The van der Waals surface area contributed by atoms with Crippen molar-refractivity contribution in [3.8, 4) is 6.07 Å². The van der Waals surface area contributed by atoms with Crippen LogP contribution in [0.2, 0.25) is 15.1 Å².